The van der Waals surface area contributed by atoms with E-state index >= 15 is 0 Å². The van der Waals surface area contributed by atoms with Crippen molar-refractivity contribution >= 4 is 15.9 Å². The van der Waals surface area contributed by atoms with Crippen LogP contribution in [0.5, 0.6) is 0 Å². The Labute approximate surface area is 114 Å². The van der Waals surface area contributed by atoms with Crippen LogP contribution < -0.4 is 15.2 Å². The van der Waals surface area contributed by atoms with E-state index in [2.05, 4.69) is 21.3 Å². The average Bonchev–Trinajstić information content (AvgIpc) is 2.24. The van der Waals surface area contributed by atoms with E-state index in [1.54, 1.807) is 45.0 Å². The molecule has 1 aromatic carbocycles. The second-order valence-corrected chi connectivity index (χ2v) is 6.46. The Morgan fingerprint density at radius 2 is 1.79 bits per heavy atom. The van der Waals surface area contributed by atoms with Crippen molar-refractivity contribution in [3.8, 4) is 11.8 Å². The molecule has 6 heteroatoms. The Hall–Kier alpha value is -1.55. The smallest absolute Gasteiger partial charge is 0.299 e. The van der Waals surface area contributed by atoms with Gasteiger partial charge in [0.1, 0.15) is 0 Å². The second kappa shape index (κ2) is 6.06. The van der Waals surface area contributed by atoms with E-state index < -0.39 is 15.7 Å². The van der Waals surface area contributed by atoms with Crippen LogP contribution in [0.25, 0.3) is 0 Å². The maximum Gasteiger partial charge on any atom is 0.299 e. The van der Waals surface area contributed by atoms with Gasteiger partial charge in [0.25, 0.3) is 10.2 Å². The maximum atomic E-state index is 11.8. The van der Waals surface area contributed by atoms with E-state index in [4.69, 9.17) is 5.73 Å². The highest BCUT2D eigenvalue weighted by atomic mass is 32.2. The number of anilines is 1. The summed E-state index contributed by atoms with van der Waals surface area (Å²) in [5, 5.41) is 0. The first-order valence-electron chi connectivity index (χ1n) is 5.82. The van der Waals surface area contributed by atoms with Crippen molar-refractivity contribution in [2.24, 2.45) is 5.73 Å². The van der Waals surface area contributed by atoms with Gasteiger partial charge in [-0.15, -0.1) is 0 Å². The van der Waals surface area contributed by atoms with Crippen LogP contribution in [0.15, 0.2) is 24.3 Å². The molecule has 0 saturated heterocycles. The van der Waals surface area contributed by atoms with Gasteiger partial charge in [-0.3, -0.25) is 4.72 Å². The molecule has 0 aliphatic rings. The first-order valence-corrected chi connectivity index (χ1v) is 7.31. The van der Waals surface area contributed by atoms with Crippen molar-refractivity contribution in [3.05, 3.63) is 29.8 Å². The molecule has 0 atom stereocenters. The van der Waals surface area contributed by atoms with Crippen LogP contribution in [0.1, 0.15) is 26.3 Å². The lowest BCUT2D eigenvalue weighted by Crippen LogP contribution is -2.43. The highest BCUT2D eigenvalue weighted by molar-refractivity contribution is 7.90. The van der Waals surface area contributed by atoms with Crippen molar-refractivity contribution in [2.75, 3.05) is 11.3 Å². The van der Waals surface area contributed by atoms with Gasteiger partial charge < -0.3 is 5.73 Å². The summed E-state index contributed by atoms with van der Waals surface area (Å²) in [5.41, 5.74) is 6.02. The van der Waals surface area contributed by atoms with E-state index in [-0.39, 0.29) is 0 Å². The molecular formula is C13H19N3O2S. The standard InChI is InChI=1S/C13H19N3O2S/c1-13(2,3)16-19(17,18)15-12-8-6-11(7-9-12)5-4-10-14/h6-9,15-16H,10,14H2,1-3H3. The first kappa shape index (κ1) is 15.5. The minimum atomic E-state index is -3.58. The summed E-state index contributed by atoms with van der Waals surface area (Å²) >= 11 is 0. The Balaban J connectivity index is 2.78. The van der Waals surface area contributed by atoms with E-state index in [9.17, 15) is 8.42 Å². The first-order chi connectivity index (χ1) is 8.72. The fourth-order valence-corrected chi connectivity index (χ4v) is 2.66. The van der Waals surface area contributed by atoms with Crippen LogP contribution in [0, 0.1) is 11.8 Å². The lowest BCUT2D eigenvalue weighted by molar-refractivity contribution is 0.494. The maximum absolute atomic E-state index is 11.8. The molecule has 5 nitrogen and oxygen atoms in total. The van der Waals surface area contributed by atoms with Gasteiger partial charge in [-0.25, -0.2) is 0 Å². The van der Waals surface area contributed by atoms with Crippen molar-refractivity contribution < 1.29 is 8.42 Å². The van der Waals surface area contributed by atoms with Gasteiger partial charge in [0.05, 0.1) is 6.54 Å². The minimum Gasteiger partial charge on any atom is -0.320 e. The lowest BCUT2D eigenvalue weighted by atomic mass is 10.1. The van der Waals surface area contributed by atoms with E-state index in [1.807, 2.05) is 0 Å². The third-order valence-corrected chi connectivity index (χ3v) is 3.30. The van der Waals surface area contributed by atoms with Crippen molar-refractivity contribution in [3.63, 3.8) is 0 Å². The SMILES string of the molecule is CC(C)(C)NS(=O)(=O)Nc1ccc(C#CCN)cc1. The van der Waals surface area contributed by atoms with Gasteiger partial charge in [0, 0.05) is 16.8 Å². The Bertz CT molecular complexity index is 575. The van der Waals surface area contributed by atoms with Crippen LogP contribution in [0.3, 0.4) is 0 Å². The quantitative estimate of drug-likeness (QED) is 0.724. The summed E-state index contributed by atoms with van der Waals surface area (Å²) in [6.07, 6.45) is 0. The number of hydrogen-bond donors (Lipinski definition) is 3. The second-order valence-electron chi connectivity index (χ2n) is 5.04. The zero-order valence-corrected chi connectivity index (χ0v) is 12.1. The van der Waals surface area contributed by atoms with E-state index in [0.29, 0.717) is 12.2 Å². The van der Waals surface area contributed by atoms with Crippen molar-refractivity contribution in [2.45, 2.75) is 26.3 Å². The fraction of sp³-hybridized carbons (Fsp3) is 0.385. The number of benzene rings is 1. The number of nitrogens with one attached hydrogen (secondary N) is 2. The van der Waals surface area contributed by atoms with Crippen LogP contribution in [-0.4, -0.2) is 20.5 Å². The molecule has 0 radical (unpaired) electrons. The number of hydrogen-bond acceptors (Lipinski definition) is 3. The molecule has 1 rings (SSSR count). The van der Waals surface area contributed by atoms with Crippen LogP contribution in [-0.2, 0) is 10.2 Å². The summed E-state index contributed by atoms with van der Waals surface area (Å²) in [4.78, 5) is 0. The van der Waals surface area contributed by atoms with Gasteiger partial charge in [-0.05, 0) is 45.0 Å². The van der Waals surface area contributed by atoms with Crippen molar-refractivity contribution in [1.29, 1.82) is 0 Å². The van der Waals surface area contributed by atoms with Gasteiger partial charge in [-0.2, -0.15) is 13.1 Å². The molecule has 0 unspecified atom stereocenters. The molecule has 0 heterocycles. The highest BCUT2D eigenvalue weighted by Gasteiger charge is 2.19. The summed E-state index contributed by atoms with van der Waals surface area (Å²) in [6, 6.07) is 6.78. The number of nitrogens with two attached hydrogens (primary N) is 1. The molecule has 0 aliphatic heterocycles. The monoisotopic (exact) mass is 281 g/mol. The summed E-state index contributed by atoms with van der Waals surface area (Å²) in [5.74, 6) is 5.59. The summed E-state index contributed by atoms with van der Waals surface area (Å²) in [7, 11) is -3.58. The minimum absolute atomic E-state index is 0.296. The van der Waals surface area contributed by atoms with E-state index in [1.165, 1.54) is 0 Å². The predicted octanol–water partition coefficient (Wildman–Crippen LogP) is 1.04. The molecule has 0 amide bonds. The average molecular weight is 281 g/mol. The van der Waals surface area contributed by atoms with Crippen LogP contribution in [0.2, 0.25) is 0 Å². The predicted molar refractivity (Wildman–Crippen MR) is 77.8 cm³/mol. The lowest BCUT2D eigenvalue weighted by Gasteiger charge is -2.20. The topological polar surface area (TPSA) is 84.2 Å². The summed E-state index contributed by atoms with van der Waals surface area (Å²) in [6.45, 7) is 5.62. The zero-order valence-electron chi connectivity index (χ0n) is 11.3. The Morgan fingerprint density at radius 3 is 2.26 bits per heavy atom. The molecular weight excluding hydrogens is 262 g/mol. The van der Waals surface area contributed by atoms with Crippen LogP contribution in [0.4, 0.5) is 5.69 Å². The van der Waals surface area contributed by atoms with Crippen molar-refractivity contribution in [1.82, 2.24) is 4.72 Å². The molecule has 0 spiro atoms. The largest absolute Gasteiger partial charge is 0.320 e. The molecule has 0 aromatic heterocycles. The molecule has 0 aliphatic carbocycles. The van der Waals surface area contributed by atoms with Gasteiger partial charge in [0.15, 0.2) is 0 Å². The third-order valence-electron chi connectivity index (χ3n) is 1.91. The Morgan fingerprint density at radius 1 is 1.21 bits per heavy atom. The molecule has 1 aromatic rings. The molecule has 104 valence electrons. The van der Waals surface area contributed by atoms with Gasteiger partial charge in [0.2, 0.25) is 0 Å². The highest BCUT2D eigenvalue weighted by Crippen LogP contribution is 2.11. The molecule has 0 bridgehead atoms. The summed E-state index contributed by atoms with van der Waals surface area (Å²) < 4.78 is 28.6. The van der Waals surface area contributed by atoms with E-state index in [0.717, 1.165) is 5.56 Å². The molecule has 0 saturated carbocycles. The van der Waals surface area contributed by atoms with Gasteiger partial charge >= 0.3 is 0 Å². The molecule has 4 N–H and O–H groups in total. The third kappa shape index (κ3) is 6.25. The van der Waals surface area contributed by atoms with Crippen LogP contribution >= 0.6 is 0 Å². The molecule has 19 heavy (non-hydrogen) atoms. The number of rotatable bonds is 3. The Kier molecular flexibility index (Phi) is 4.95. The van der Waals surface area contributed by atoms with Gasteiger partial charge in [-0.1, -0.05) is 11.8 Å². The molecule has 0 fully saturated rings. The fourth-order valence-electron chi connectivity index (χ4n) is 1.36. The normalized spacial score (nSPS) is 11.6. The zero-order chi connectivity index (χ0) is 14.5.